The average molecular weight is 380 g/mol. The molecule has 0 amide bonds. The molecule has 0 aliphatic rings. The van der Waals surface area contributed by atoms with E-state index in [0.717, 1.165) is 39.0 Å². The molecule has 27 heavy (non-hydrogen) atoms. The van der Waals surface area contributed by atoms with Crippen LogP contribution in [0.15, 0.2) is 54.6 Å². The number of halogens is 1. The number of methoxy groups -OCH3 is 1. The standard InChI is InChI=1S/C23H22ClNO2/c1-15-5-9-20(14-22(15)24)25-16(2)13-19(17(25)3)8-12-23(26)18-6-10-21(27-4)11-7-18/h5-14H,1-4H3/b12-8+. The molecule has 0 saturated carbocycles. The number of rotatable bonds is 5. The molecule has 4 heteroatoms. The Bertz CT molecular complexity index is 1010. The zero-order valence-corrected chi connectivity index (χ0v) is 16.7. The van der Waals surface area contributed by atoms with Crippen LogP contribution < -0.4 is 4.74 Å². The molecule has 0 N–H and O–H groups in total. The van der Waals surface area contributed by atoms with Crippen LogP contribution in [0, 0.1) is 20.8 Å². The van der Waals surface area contributed by atoms with Crippen LogP contribution in [0.1, 0.15) is 32.9 Å². The molecule has 3 nitrogen and oxygen atoms in total. The molecule has 0 unspecified atom stereocenters. The molecule has 0 aliphatic heterocycles. The summed E-state index contributed by atoms with van der Waals surface area (Å²) in [6, 6.07) is 15.2. The first-order valence-electron chi connectivity index (χ1n) is 8.72. The summed E-state index contributed by atoms with van der Waals surface area (Å²) in [5.41, 5.74) is 5.85. The molecule has 3 aromatic rings. The maximum absolute atomic E-state index is 12.4. The fourth-order valence-electron chi connectivity index (χ4n) is 3.09. The third kappa shape index (κ3) is 3.99. The van der Waals surface area contributed by atoms with Crippen LogP contribution in [0.3, 0.4) is 0 Å². The highest BCUT2D eigenvalue weighted by Gasteiger charge is 2.11. The molecule has 0 bridgehead atoms. The molecule has 0 atom stereocenters. The molecule has 0 fully saturated rings. The van der Waals surface area contributed by atoms with Gasteiger partial charge in [0.2, 0.25) is 0 Å². The molecule has 2 aromatic carbocycles. The van der Waals surface area contributed by atoms with Gasteiger partial charge in [-0.1, -0.05) is 17.7 Å². The summed E-state index contributed by atoms with van der Waals surface area (Å²) < 4.78 is 7.27. The number of benzene rings is 2. The number of carbonyl (C=O) groups is 1. The molecule has 0 spiro atoms. The number of carbonyl (C=O) groups excluding carboxylic acids is 1. The van der Waals surface area contributed by atoms with Gasteiger partial charge in [-0.25, -0.2) is 0 Å². The van der Waals surface area contributed by atoms with Crippen molar-refractivity contribution in [3.63, 3.8) is 0 Å². The van der Waals surface area contributed by atoms with Crippen LogP contribution in [0.2, 0.25) is 5.02 Å². The fourth-order valence-corrected chi connectivity index (χ4v) is 3.27. The van der Waals surface area contributed by atoms with E-state index in [1.54, 1.807) is 37.5 Å². The Hall–Kier alpha value is -2.78. The summed E-state index contributed by atoms with van der Waals surface area (Å²) in [6.45, 7) is 6.07. The van der Waals surface area contributed by atoms with E-state index in [0.29, 0.717) is 5.56 Å². The van der Waals surface area contributed by atoms with Crippen molar-refractivity contribution in [2.45, 2.75) is 20.8 Å². The van der Waals surface area contributed by atoms with Gasteiger partial charge in [0.15, 0.2) is 5.78 Å². The highest BCUT2D eigenvalue weighted by Crippen LogP contribution is 2.25. The van der Waals surface area contributed by atoms with E-state index < -0.39 is 0 Å². The quantitative estimate of drug-likeness (QED) is 0.404. The Balaban J connectivity index is 1.88. The van der Waals surface area contributed by atoms with Crippen LogP contribution in [0.4, 0.5) is 0 Å². The number of aromatic nitrogens is 1. The van der Waals surface area contributed by atoms with Gasteiger partial charge in [-0.15, -0.1) is 0 Å². The van der Waals surface area contributed by atoms with Crippen molar-refractivity contribution in [2.24, 2.45) is 0 Å². The van der Waals surface area contributed by atoms with Crippen molar-refractivity contribution >= 4 is 23.5 Å². The number of hydrogen-bond acceptors (Lipinski definition) is 2. The van der Waals surface area contributed by atoms with Gasteiger partial charge < -0.3 is 9.30 Å². The van der Waals surface area contributed by atoms with Gasteiger partial charge in [-0.05, 0) is 86.5 Å². The van der Waals surface area contributed by atoms with Gasteiger partial charge >= 0.3 is 0 Å². The Morgan fingerprint density at radius 2 is 1.74 bits per heavy atom. The van der Waals surface area contributed by atoms with Crippen molar-refractivity contribution in [1.29, 1.82) is 0 Å². The number of allylic oxidation sites excluding steroid dienone is 1. The molecule has 1 aromatic heterocycles. The first-order chi connectivity index (χ1) is 12.9. The van der Waals surface area contributed by atoms with Crippen LogP contribution >= 0.6 is 11.6 Å². The predicted octanol–water partition coefficient (Wildman–Crippen LogP) is 5.96. The Morgan fingerprint density at radius 1 is 1.04 bits per heavy atom. The second kappa shape index (κ2) is 7.85. The summed E-state index contributed by atoms with van der Waals surface area (Å²) in [5, 5.41) is 0.742. The molecule has 1 heterocycles. The van der Waals surface area contributed by atoms with Gasteiger partial charge in [0, 0.05) is 27.7 Å². The second-order valence-electron chi connectivity index (χ2n) is 6.52. The van der Waals surface area contributed by atoms with Crippen molar-refractivity contribution < 1.29 is 9.53 Å². The van der Waals surface area contributed by atoms with E-state index in [9.17, 15) is 4.79 Å². The lowest BCUT2D eigenvalue weighted by molar-refractivity contribution is 0.104. The first kappa shape index (κ1) is 19.0. The predicted molar refractivity (Wildman–Crippen MR) is 111 cm³/mol. The summed E-state index contributed by atoms with van der Waals surface area (Å²) in [7, 11) is 1.60. The van der Waals surface area contributed by atoms with Crippen molar-refractivity contribution in [1.82, 2.24) is 4.57 Å². The average Bonchev–Trinajstić information content (AvgIpc) is 2.95. The van der Waals surface area contributed by atoms with Crippen LogP contribution in [-0.4, -0.2) is 17.5 Å². The minimum Gasteiger partial charge on any atom is -0.497 e. The zero-order valence-electron chi connectivity index (χ0n) is 15.9. The highest BCUT2D eigenvalue weighted by atomic mass is 35.5. The largest absolute Gasteiger partial charge is 0.497 e. The summed E-state index contributed by atoms with van der Waals surface area (Å²) >= 11 is 6.29. The topological polar surface area (TPSA) is 31.2 Å². The number of nitrogens with zero attached hydrogens (tertiary/aromatic N) is 1. The summed E-state index contributed by atoms with van der Waals surface area (Å²) in [6.07, 6.45) is 3.47. The lowest BCUT2D eigenvalue weighted by Gasteiger charge is -2.11. The summed E-state index contributed by atoms with van der Waals surface area (Å²) in [5.74, 6) is 0.691. The van der Waals surface area contributed by atoms with Gasteiger partial charge in [-0.2, -0.15) is 0 Å². The van der Waals surface area contributed by atoms with Crippen molar-refractivity contribution in [2.75, 3.05) is 7.11 Å². The number of hydrogen-bond donors (Lipinski definition) is 0. The van der Waals surface area contributed by atoms with E-state index in [1.165, 1.54) is 0 Å². The van der Waals surface area contributed by atoms with E-state index in [-0.39, 0.29) is 5.78 Å². The Kier molecular flexibility index (Phi) is 5.52. The zero-order chi connectivity index (χ0) is 19.6. The normalized spacial score (nSPS) is 11.1. The molecular formula is C23H22ClNO2. The number of ketones is 1. The van der Waals surface area contributed by atoms with Gasteiger partial charge in [0.05, 0.1) is 7.11 Å². The molecule has 138 valence electrons. The van der Waals surface area contributed by atoms with Crippen molar-refractivity contribution in [3.8, 4) is 11.4 Å². The minimum atomic E-state index is -0.0409. The summed E-state index contributed by atoms with van der Waals surface area (Å²) in [4.78, 5) is 12.4. The van der Waals surface area contributed by atoms with E-state index in [2.05, 4.69) is 16.7 Å². The smallest absolute Gasteiger partial charge is 0.185 e. The fraction of sp³-hybridized carbons (Fsp3) is 0.174. The third-order valence-corrected chi connectivity index (χ3v) is 5.08. The second-order valence-corrected chi connectivity index (χ2v) is 6.93. The van der Waals surface area contributed by atoms with E-state index in [4.69, 9.17) is 16.3 Å². The molecule has 0 radical (unpaired) electrons. The maximum Gasteiger partial charge on any atom is 0.185 e. The van der Waals surface area contributed by atoms with E-state index in [1.807, 2.05) is 39.0 Å². The Labute approximate surface area is 164 Å². The first-order valence-corrected chi connectivity index (χ1v) is 9.10. The monoisotopic (exact) mass is 379 g/mol. The SMILES string of the molecule is COc1ccc(C(=O)/C=C/c2cc(C)n(-c3ccc(C)c(Cl)c3)c2C)cc1. The van der Waals surface area contributed by atoms with Crippen LogP contribution in [0.25, 0.3) is 11.8 Å². The molecule has 0 saturated heterocycles. The Morgan fingerprint density at radius 3 is 2.37 bits per heavy atom. The van der Waals surface area contributed by atoms with Gasteiger partial charge in [0.1, 0.15) is 5.75 Å². The van der Waals surface area contributed by atoms with Gasteiger partial charge in [0.25, 0.3) is 0 Å². The lowest BCUT2D eigenvalue weighted by Crippen LogP contribution is -1.99. The number of aryl methyl sites for hydroxylation is 2. The third-order valence-electron chi connectivity index (χ3n) is 4.67. The lowest BCUT2D eigenvalue weighted by atomic mass is 10.1. The molecule has 3 rings (SSSR count). The maximum atomic E-state index is 12.4. The van der Waals surface area contributed by atoms with Crippen molar-refractivity contribution in [3.05, 3.63) is 87.7 Å². The molecule has 0 aliphatic carbocycles. The minimum absolute atomic E-state index is 0.0409. The van der Waals surface area contributed by atoms with Crippen LogP contribution in [0.5, 0.6) is 5.75 Å². The highest BCUT2D eigenvalue weighted by molar-refractivity contribution is 6.31. The van der Waals surface area contributed by atoms with Crippen LogP contribution in [-0.2, 0) is 0 Å². The number of ether oxygens (including phenoxy) is 1. The molecular weight excluding hydrogens is 358 g/mol. The van der Waals surface area contributed by atoms with E-state index >= 15 is 0 Å². The van der Waals surface area contributed by atoms with Gasteiger partial charge in [-0.3, -0.25) is 4.79 Å².